The van der Waals surface area contributed by atoms with E-state index in [0.717, 1.165) is 16.9 Å². The number of thioether (sulfide) groups is 1. The smallest absolute Gasteiger partial charge is 0.242 e. The maximum Gasteiger partial charge on any atom is 0.242 e. The van der Waals surface area contributed by atoms with Crippen LogP contribution in [0.1, 0.15) is 37.8 Å². The molecule has 2 aromatic rings. The van der Waals surface area contributed by atoms with Crippen LogP contribution in [0.2, 0.25) is 0 Å². The van der Waals surface area contributed by atoms with Gasteiger partial charge in [-0.25, -0.2) is 0 Å². The van der Waals surface area contributed by atoms with Gasteiger partial charge in [0.15, 0.2) is 0 Å². The van der Waals surface area contributed by atoms with E-state index in [1.165, 1.54) is 17.3 Å². The molecule has 4 nitrogen and oxygen atoms in total. The van der Waals surface area contributed by atoms with Gasteiger partial charge in [-0.15, -0.1) is 11.8 Å². The SMILES string of the molecule is CCCNC(=O)[C@@H](CC)N(Cc1ccc(C)cc1)C(=O)CSc1ccccc1. The highest BCUT2D eigenvalue weighted by atomic mass is 32.2. The van der Waals surface area contributed by atoms with E-state index in [9.17, 15) is 9.59 Å². The van der Waals surface area contributed by atoms with Crippen LogP contribution in [0.25, 0.3) is 0 Å². The Kier molecular flexibility index (Phi) is 9.08. The lowest BCUT2D eigenvalue weighted by atomic mass is 10.1. The average Bonchev–Trinajstić information content (AvgIpc) is 2.72. The van der Waals surface area contributed by atoms with Crippen LogP contribution in [0, 0.1) is 6.92 Å². The third-order valence-electron chi connectivity index (χ3n) is 4.51. The lowest BCUT2D eigenvalue weighted by molar-refractivity contribution is -0.139. The molecule has 1 N–H and O–H groups in total. The number of aryl methyl sites for hydroxylation is 1. The minimum atomic E-state index is -0.461. The van der Waals surface area contributed by atoms with Gasteiger partial charge in [-0.3, -0.25) is 9.59 Å². The van der Waals surface area contributed by atoms with E-state index < -0.39 is 6.04 Å². The van der Waals surface area contributed by atoms with E-state index in [1.54, 1.807) is 4.90 Å². The molecule has 0 aliphatic heterocycles. The number of nitrogens with zero attached hydrogens (tertiary/aromatic N) is 1. The first-order valence-electron chi connectivity index (χ1n) is 9.85. The van der Waals surface area contributed by atoms with Crippen LogP contribution in [0.5, 0.6) is 0 Å². The van der Waals surface area contributed by atoms with Crippen molar-refractivity contribution in [3.05, 3.63) is 65.7 Å². The molecular formula is C23H30N2O2S. The highest BCUT2D eigenvalue weighted by Crippen LogP contribution is 2.20. The van der Waals surface area contributed by atoms with E-state index in [-0.39, 0.29) is 11.8 Å². The highest BCUT2D eigenvalue weighted by Gasteiger charge is 2.28. The molecule has 2 rings (SSSR count). The van der Waals surface area contributed by atoms with E-state index in [0.29, 0.717) is 25.3 Å². The van der Waals surface area contributed by atoms with Gasteiger partial charge in [0, 0.05) is 18.0 Å². The summed E-state index contributed by atoms with van der Waals surface area (Å²) in [6.07, 6.45) is 1.46. The first-order valence-corrected chi connectivity index (χ1v) is 10.8. The van der Waals surface area contributed by atoms with Crippen LogP contribution in [0.15, 0.2) is 59.5 Å². The van der Waals surface area contributed by atoms with Crippen molar-refractivity contribution in [3.63, 3.8) is 0 Å². The van der Waals surface area contributed by atoms with Gasteiger partial charge in [-0.1, -0.05) is 61.9 Å². The number of amides is 2. The van der Waals surface area contributed by atoms with E-state index in [4.69, 9.17) is 0 Å². The predicted octanol–water partition coefficient (Wildman–Crippen LogP) is 4.42. The molecule has 2 amide bonds. The fourth-order valence-corrected chi connectivity index (χ4v) is 3.73. The first kappa shape index (κ1) is 22.0. The highest BCUT2D eigenvalue weighted by molar-refractivity contribution is 8.00. The molecule has 150 valence electrons. The van der Waals surface area contributed by atoms with E-state index in [2.05, 4.69) is 5.32 Å². The molecule has 28 heavy (non-hydrogen) atoms. The van der Waals surface area contributed by atoms with Gasteiger partial charge in [0.05, 0.1) is 5.75 Å². The quantitative estimate of drug-likeness (QED) is 0.603. The molecule has 2 aromatic carbocycles. The molecule has 0 heterocycles. The molecule has 1 atom stereocenters. The van der Waals surface area contributed by atoms with Crippen molar-refractivity contribution in [2.75, 3.05) is 12.3 Å². The molecular weight excluding hydrogens is 368 g/mol. The van der Waals surface area contributed by atoms with Crippen LogP contribution in [0.4, 0.5) is 0 Å². The summed E-state index contributed by atoms with van der Waals surface area (Å²) >= 11 is 1.50. The summed E-state index contributed by atoms with van der Waals surface area (Å²) in [5, 5.41) is 2.95. The summed E-state index contributed by atoms with van der Waals surface area (Å²) < 4.78 is 0. The summed E-state index contributed by atoms with van der Waals surface area (Å²) in [5.41, 5.74) is 2.21. The molecule has 0 radical (unpaired) electrons. The summed E-state index contributed by atoms with van der Waals surface area (Å²) in [7, 11) is 0. The number of nitrogens with one attached hydrogen (secondary N) is 1. The first-order chi connectivity index (χ1) is 13.5. The minimum Gasteiger partial charge on any atom is -0.354 e. The molecule has 0 unspecified atom stereocenters. The van der Waals surface area contributed by atoms with Crippen LogP contribution in [-0.4, -0.2) is 35.1 Å². The maximum atomic E-state index is 13.1. The number of hydrogen-bond acceptors (Lipinski definition) is 3. The maximum absolute atomic E-state index is 13.1. The molecule has 0 bridgehead atoms. The van der Waals surface area contributed by atoms with Gasteiger partial charge in [0.1, 0.15) is 6.04 Å². The molecule has 0 spiro atoms. The number of hydrogen-bond donors (Lipinski definition) is 1. The monoisotopic (exact) mass is 398 g/mol. The van der Waals surface area contributed by atoms with Gasteiger partial charge in [-0.2, -0.15) is 0 Å². The largest absolute Gasteiger partial charge is 0.354 e. The number of benzene rings is 2. The van der Waals surface area contributed by atoms with Crippen molar-refractivity contribution in [2.45, 2.75) is 51.1 Å². The van der Waals surface area contributed by atoms with Gasteiger partial charge >= 0.3 is 0 Å². The normalized spacial score (nSPS) is 11.7. The Balaban J connectivity index is 2.16. The Hall–Kier alpha value is -2.27. The summed E-state index contributed by atoms with van der Waals surface area (Å²) in [4.78, 5) is 28.6. The van der Waals surface area contributed by atoms with Crippen LogP contribution < -0.4 is 5.32 Å². The molecule has 0 aliphatic rings. The number of carbonyl (C=O) groups excluding carboxylic acids is 2. The number of carbonyl (C=O) groups is 2. The fraction of sp³-hybridized carbons (Fsp3) is 0.391. The zero-order valence-corrected chi connectivity index (χ0v) is 17.8. The van der Waals surface area contributed by atoms with E-state index >= 15 is 0 Å². The van der Waals surface area contributed by atoms with Crippen molar-refractivity contribution < 1.29 is 9.59 Å². The van der Waals surface area contributed by atoms with Gasteiger partial charge in [0.2, 0.25) is 11.8 Å². The fourth-order valence-electron chi connectivity index (χ4n) is 2.92. The minimum absolute atomic E-state index is 0.0204. The standard InChI is InChI=1S/C23H30N2O2S/c1-4-15-24-23(27)21(5-2)25(16-19-13-11-18(3)12-14-19)22(26)17-28-20-9-7-6-8-10-20/h6-14,21H,4-5,15-17H2,1-3H3,(H,24,27)/t21-/m1/s1. The lowest BCUT2D eigenvalue weighted by Gasteiger charge is -2.30. The second-order valence-electron chi connectivity index (χ2n) is 6.82. The Bertz CT molecular complexity index is 747. The third kappa shape index (κ3) is 6.71. The third-order valence-corrected chi connectivity index (χ3v) is 5.51. The van der Waals surface area contributed by atoms with Crippen molar-refractivity contribution in [1.82, 2.24) is 10.2 Å². The van der Waals surface area contributed by atoms with Gasteiger partial charge < -0.3 is 10.2 Å². The average molecular weight is 399 g/mol. The molecule has 0 aliphatic carbocycles. The molecule has 0 saturated carbocycles. The van der Waals surface area contributed by atoms with Crippen molar-refractivity contribution in [1.29, 1.82) is 0 Å². The Morgan fingerprint density at radius 2 is 1.71 bits per heavy atom. The van der Waals surface area contributed by atoms with Crippen molar-refractivity contribution in [2.24, 2.45) is 0 Å². The van der Waals surface area contributed by atoms with Crippen molar-refractivity contribution in [3.8, 4) is 0 Å². The topological polar surface area (TPSA) is 49.4 Å². The van der Waals surface area contributed by atoms with Gasteiger partial charge in [-0.05, 0) is 37.5 Å². The summed E-state index contributed by atoms with van der Waals surface area (Å²) in [6.45, 7) is 7.08. The summed E-state index contributed by atoms with van der Waals surface area (Å²) in [5.74, 6) is 0.218. The number of rotatable bonds is 10. The van der Waals surface area contributed by atoms with Crippen LogP contribution in [-0.2, 0) is 16.1 Å². The predicted molar refractivity (Wildman–Crippen MR) is 116 cm³/mol. The zero-order chi connectivity index (χ0) is 20.4. The van der Waals surface area contributed by atoms with Crippen LogP contribution >= 0.6 is 11.8 Å². The Morgan fingerprint density at radius 3 is 2.32 bits per heavy atom. The Labute approximate surface area is 172 Å². The molecule has 0 saturated heterocycles. The molecule has 0 aromatic heterocycles. The van der Waals surface area contributed by atoms with Crippen LogP contribution in [0.3, 0.4) is 0 Å². The zero-order valence-electron chi connectivity index (χ0n) is 17.0. The molecule has 0 fully saturated rings. The van der Waals surface area contributed by atoms with Crippen molar-refractivity contribution >= 4 is 23.6 Å². The second-order valence-corrected chi connectivity index (χ2v) is 7.87. The van der Waals surface area contributed by atoms with E-state index in [1.807, 2.05) is 75.4 Å². The Morgan fingerprint density at radius 1 is 1.04 bits per heavy atom. The second kappa shape index (κ2) is 11.5. The lowest BCUT2D eigenvalue weighted by Crippen LogP contribution is -2.49. The molecule has 5 heteroatoms. The summed E-state index contributed by atoms with van der Waals surface area (Å²) in [6, 6.07) is 17.5. The van der Waals surface area contributed by atoms with Gasteiger partial charge in [0.25, 0.3) is 0 Å².